The Labute approximate surface area is 153 Å². The average Bonchev–Trinajstić information content (AvgIpc) is 2.61. The Bertz CT molecular complexity index is 684. The molecule has 0 aliphatic rings. The van der Waals surface area contributed by atoms with Crippen LogP contribution in [0, 0.1) is 11.3 Å². The molecule has 0 aliphatic heterocycles. The number of hydrogen-bond acceptors (Lipinski definition) is 5. The topological polar surface area (TPSA) is 99.5 Å². The van der Waals surface area contributed by atoms with Crippen LogP contribution in [-0.4, -0.2) is 49.4 Å². The molecule has 7 nitrogen and oxygen atoms in total. The molecule has 0 aromatic heterocycles. The lowest BCUT2D eigenvalue weighted by molar-refractivity contribution is -0.150. The summed E-state index contributed by atoms with van der Waals surface area (Å²) in [6.45, 7) is 5.77. The fourth-order valence-electron chi connectivity index (χ4n) is 2.02. The van der Waals surface area contributed by atoms with E-state index < -0.39 is 18.5 Å². The largest absolute Gasteiger partial charge is 0.454 e. The molecular formula is C19H25N3O4. The number of likely N-dealkylation sites (N-methyl/N-ethyl adjacent to an activating group) is 1. The van der Waals surface area contributed by atoms with E-state index in [2.05, 4.69) is 26.1 Å². The predicted octanol–water partition coefficient (Wildman–Crippen LogP) is 1.63. The lowest BCUT2D eigenvalue weighted by atomic mass is 9.87. The number of benzene rings is 1. The summed E-state index contributed by atoms with van der Waals surface area (Å²) in [5.41, 5.74) is 1.54. The molecule has 0 aliphatic carbocycles. The Morgan fingerprint density at radius 2 is 1.81 bits per heavy atom. The van der Waals surface area contributed by atoms with Gasteiger partial charge in [-0.2, -0.15) is 5.26 Å². The molecule has 0 heterocycles. The zero-order valence-electron chi connectivity index (χ0n) is 15.7. The lowest BCUT2D eigenvalue weighted by Crippen LogP contribution is -2.35. The van der Waals surface area contributed by atoms with Gasteiger partial charge in [0.05, 0.1) is 12.5 Å². The molecule has 1 aromatic rings. The fourth-order valence-corrected chi connectivity index (χ4v) is 2.02. The second kappa shape index (κ2) is 9.56. The molecule has 1 aromatic carbocycles. The van der Waals surface area contributed by atoms with Crippen molar-refractivity contribution < 1.29 is 19.1 Å². The van der Waals surface area contributed by atoms with E-state index >= 15 is 0 Å². The highest BCUT2D eigenvalue weighted by atomic mass is 16.5. The number of carbonyl (C=O) groups excluding carboxylic acids is 3. The van der Waals surface area contributed by atoms with Crippen molar-refractivity contribution in [3.05, 3.63) is 35.4 Å². The molecule has 0 fully saturated rings. The number of nitrogens with one attached hydrogen (secondary N) is 1. The Hall–Kier alpha value is -2.88. The highest BCUT2D eigenvalue weighted by molar-refractivity contribution is 5.96. The standard InChI is InChI=1S/C19H25N3O4/c1-19(2,3)15-8-6-14(7-9-15)18(25)21-12-17(24)26-13-16(23)22(4)11-5-10-20/h6-9H,5,11-13H2,1-4H3,(H,21,25). The molecule has 0 spiro atoms. The summed E-state index contributed by atoms with van der Waals surface area (Å²) < 4.78 is 4.83. The average molecular weight is 359 g/mol. The van der Waals surface area contributed by atoms with Crippen molar-refractivity contribution in [1.82, 2.24) is 10.2 Å². The SMILES string of the molecule is CN(CCC#N)C(=O)COC(=O)CNC(=O)c1ccc(C(C)(C)C)cc1. The van der Waals surface area contributed by atoms with Crippen LogP contribution >= 0.6 is 0 Å². The summed E-state index contributed by atoms with van der Waals surface area (Å²) in [5.74, 6) is -1.50. The number of esters is 1. The maximum Gasteiger partial charge on any atom is 0.325 e. The first-order valence-electron chi connectivity index (χ1n) is 8.30. The minimum absolute atomic E-state index is 0.00818. The number of rotatable bonds is 7. The highest BCUT2D eigenvalue weighted by Gasteiger charge is 2.15. The first-order valence-corrected chi connectivity index (χ1v) is 8.30. The van der Waals surface area contributed by atoms with Crippen molar-refractivity contribution in [2.45, 2.75) is 32.6 Å². The normalized spacial score (nSPS) is 10.6. The Morgan fingerprint density at radius 1 is 1.19 bits per heavy atom. The van der Waals surface area contributed by atoms with Crippen molar-refractivity contribution in [2.24, 2.45) is 0 Å². The van der Waals surface area contributed by atoms with Crippen molar-refractivity contribution in [1.29, 1.82) is 5.26 Å². The first kappa shape index (κ1) is 21.2. The van der Waals surface area contributed by atoms with Crippen molar-refractivity contribution in [2.75, 3.05) is 26.7 Å². The lowest BCUT2D eigenvalue weighted by Gasteiger charge is -2.19. The van der Waals surface area contributed by atoms with E-state index in [1.807, 2.05) is 18.2 Å². The van der Waals surface area contributed by atoms with Crippen LogP contribution in [0.2, 0.25) is 0 Å². The van der Waals surface area contributed by atoms with Crippen LogP contribution in [0.4, 0.5) is 0 Å². The maximum absolute atomic E-state index is 12.1. The van der Waals surface area contributed by atoms with Gasteiger partial charge in [0, 0.05) is 19.2 Å². The third-order valence-corrected chi connectivity index (χ3v) is 3.75. The number of ether oxygens (including phenoxy) is 1. The van der Waals surface area contributed by atoms with Crippen LogP contribution in [0.25, 0.3) is 0 Å². The molecule has 0 saturated carbocycles. The third kappa shape index (κ3) is 6.93. The molecule has 7 heteroatoms. The molecular weight excluding hydrogens is 334 g/mol. The Morgan fingerprint density at radius 3 is 2.35 bits per heavy atom. The fraction of sp³-hybridized carbons (Fsp3) is 0.474. The van der Waals surface area contributed by atoms with Gasteiger partial charge >= 0.3 is 5.97 Å². The van der Waals surface area contributed by atoms with Gasteiger partial charge in [0.2, 0.25) is 0 Å². The number of nitrogens with zero attached hydrogens (tertiary/aromatic N) is 2. The third-order valence-electron chi connectivity index (χ3n) is 3.75. The van der Waals surface area contributed by atoms with Crippen LogP contribution in [0.5, 0.6) is 0 Å². The van der Waals surface area contributed by atoms with Crippen molar-refractivity contribution in [3.63, 3.8) is 0 Å². The zero-order valence-corrected chi connectivity index (χ0v) is 15.7. The molecule has 1 N–H and O–H groups in total. The van der Waals surface area contributed by atoms with Crippen LogP contribution in [-0.2, 0) is 19.7 Å². The highest BCUT2D eigenvalue weighted by Crippen LogP contribution is 2.22. The summed E-state index contributed by atoms with van der Waals surface area (Å²) >= 11 is 0. The van der Waals surface area contributed by atoms with Gasteiger partial charge in [-0.15, -0.1) is 0 Å². The van der Waals surface area contributed by atoms with Crippen molar-refractivity contribution >= 4 is 17.8 Å². The van der Waals surface area contributed by atoms with Crippen LogP contribution < -0.4 is 5.32 Å². The monoisotopic (exact) mass is 359 g/mol. The molecule has 0 bridgehead atoms. The predicted molar refractivity (Wildman–Crippen MR) is 96.3 cm³/mol. The van der Waals surface area contributed by atoms with E-state index in [1.54, 1.807) is 12.1 Å². The Kier molecular flexibility index (Phi) is 7.78. The second-order valence-corrected chi connectivity index (χ2v) is 6.89. The summed E-state index contributed by atoms with van der Waals surface area (Å²) in [6, 6.07) is 9.09. The van der Waals surface area contributed by atoms with Gasteiger partial charge in [0.1, 0.15) is 6.54 Å². The number of nitriles is 1. The molecule has 1 rings (SSSR count). The minimum atomic E-state index is -0.702. The van der Waals surface area contributed by atoms with Gasteiger partial charge < -0.3 is 15.0 Å². The van der Waals surface area contributed by atoms with Gasteiger partial charge in [-0.25, -0.2) is 0 Å². The summed E-state index contributed by atoms with van der Waals surface area (Å²) in [6.07, 6.45) is 0.209. The number of hydrogen-bond donors (Lipinski definition) is 1. The molecule has 0 atom stereocenters. The minimum Gasteiger partial charge on any atom is -0.454 e. The van der Waals surface area contributed by atoms with Gasteiger partial charge in [-0.1, -0.05) is 32.9 Å². The quantitative estimate of drug-likeness (QED) is 0.746. The molecule has 140 valence electrons. The maximum atomic E-state index is 12.1. The second-order valence-electron chi connectivity index (χ2n) is 6.89. The summed E-state index contributed by atoms with van der Waals surface area (Å²) in [5, 5.41) is 10.9. The molecule has 0 unspecified atom stereocenters. The van der Waals surface area contributed by atoms with E-state index in [-0.39, 0.29) is 30.8 Å². The van der Waals surface area contributed by atoms with Crippen LogP contribution in [0.3, 0.4) is 0 Å². The van der Waals surface area contributed by atoms with E-state index in [0.29, 0.717) is 5.56 Å². The molecule has 26 heavy (non-hydrogen) atoms. The van der Waals surface area contributed by atoms with Gasteiger partial charge in [-0.3, -0.25) is 14.4 Å². The molecule has 0 saturated heterocycles. The van der Waals surface area contributed by atoms with Crippen LogP contribution in [0.15, 0.2) is 24.3 Å². The zero-order chi connectivity index (χ0) is 19.7. The van der Waals surface area contributed by atoms with E-state index in [0.717, 1.165) is 5.56 Å². The van der Waals surface area contributed by atoms with Crippen molar-refractivity contribution in [3.8, 4) is 6.07 Å². The first-order chi connectivity index (χ1) is 12.1. The molecule has 0 radical (unpaired) electrons. The van der Waals surface area contributed by atoms with E-state index in [9.17, 15) is 14.4 Å². The van der Waals surface area contributed by atoms with Crippen LogP contribution in [0.1, 0.15) is 43.1 Å². The number of amides is 2. The van der Waals surface area contributed by atoms with Gasteiger partial charge in [-0.05, 0) is 23.1 Å². The Balaban J connectivity index is 2.41. The van der Waals surface area contributed by atoms with E-state index in [4.69, 9.17) is 10.00 Å². The smallest absolute Gasteiger partial charge is 0.325 e. The van der Waals surface area contributed by atoms with E-state index in [1.165, 1.54) is 11.9 Å². The molecule has 2 amide bonds. The van der Waals surface area contributed by atoms with Gasteiger partial charge in [0.25, 0.3) is 11.8 Å². The summed E-state index contributed by atoms with van der Waals surface area (Å²) in [7, 11) is 1.52. The number of carbonyl (C=O) groups is 3. The van der Waals surface area contributed by atoms with Gasteiger partial charge in [0.15, 0.2) is 6.61 Å². The summed E-state index contributed by atoms with van der Waals surface area (Å²) in [4.78, 5) is 36.7.